The Morgan fingerprint density at radius 3 is 2.14 bits per heavy atom. The molecular weight excluding hydrogens is 268 g/mol. The van der Waals surface area contributed by atoms with Crippen LogP contribution in [0.1, 0.15) is 33.6 Å². The normalized spacial score (nSPS) is 10.7. The van der Waals surface area contributed by atoms with Gasteiger partial charge in [0.25, 0.3) is 0 Å². The van der Waals surface area contributed by atoms with Crippen LogP contribution in [-0.4, -0.2) is 13.1 Å². The highest BCUT2D eigenvalue weighted by molar-refractivity contribution is 5.65. The average molecular weight is 296 g/mol. The van der Waals surface area contributed by atoms with E-state index in [1.54, 1.807) is 0 Å². The second-order valence-electron chi connectivity index (χ2n) is 6.10. The van der Waals surface area contributed by atoms with E-state index in [2.05, 4.69) is 85.6 Å². The third kappa shape index (κ3) is 4.80. The van der Waals surface area contributed by atoms with E-state index >= 15 is 0 Å². The van der Waals surface area contributed by atoms with Gasteiger partial charge in [0.2, 0.25) is 0 Å². The van der Waals surface area contributed by atoms with Crippen molar-refractivity contribution in [1.82, 2.24) is 0 Å². The molecule has 22 heavy (non-hydrogen) atoms. The van der Waals surface area contributed by atoms with Gasteiger partial charge in [0.1, 0.15) is 0 Å². The molecule has 0 saturated carbocycles. The number of nitrogens with zero attached hydrogens (tertiary/aromatic N) is 1. The van der Waals surface area contributed by atoms with E-state index in [9.17, 15) is 0 Å². The van der Waals surface area contributed by atoms with Crippen LogP contribution in [0.4, 0.5) is 17.1 Å². The number of hydrogen-bond acceptors (Lipinski definition) is 2. The lowest BCUT2D eigenvalue weighted by Gasteiger charge is -2.25. The number of hydrogen-bond donors (Lipinski definition) is 1. The summed E-state index contributed by atoms with van der Waals surface area (Å²) in [5, 5.41) is 3.35. The molecule has 0 spiro atoms. The molecule has 2 heteroatoms. The van der Waals surface area contributed by atoms with Crippen molar-refractivity contribution in [2.45, 2.75) is 33.6 Å². The van der Waals surface area contributed by atoms with Crippen LogP contribution in [0.5, 0.6) is 0 Å². The molecule has 0 aromatic heterocycles. The fourth-order valence-electron chi connectivity index (χ4n) is 2.64. The highest BCUT2D eigenvalue weighted by atomic mass is 15.1. The largest absolute Gasteiger partial charge is 0.385 e. The van der Waals surface area contributed by atoms with Crippen molar-refractivity contribution in [1.29, 1.82) is 0 Å². The minimum Gasteiger partial charge on any atom is -0.385 e. The van der Waals surface area contributed by atoms with E-state index < -0.39 is 0 Å². The number of rotatable bonds is 8. The third-order valence-electron chi connectivity index (χ3n) is 3.79. The predicted octanol–water partition coefficient (Wildman–Crippen LogP) is 5.69. The van der Waals surface area contributed by atoms with Gasteiger partial charge in [0, 0.05) is 30.2 Å². The quantitative estimate of drug-likeness (QED) is 0.673. The summed E-state index contributed by atoms with van der Waals surface area (Å²) < 4.78 is 0. The maximum Gasteiger partial charge on any atom is 0.0412 e. The van der Waals surface area contributed by atoms with Crippen molar-refractivity contribution in [2.24, 2.45) is 5.92 Å². The minimum absolute atomic E-state index is 0.758. The molecule has 118 valence electrons. The molecule has 0 aliphatic rings. The van der Waals surface area contributed by atoms with Crippen LogP contribution in [0.15, 0.2) is 54.6 Å². The lowest BCUT2D eigenvalue weighted by atomic mass is 10.1. The first-order valence-electron chi connectivity index (χ1n) is 8.37. The van der Waals surface area contributed by atoms with Crippen LogP contribution in [0.2, 0.25) is 0 Å². The Kier molecular flexibility index (Phi) is 6.32. The summed E-state index contributed by atoms with van der Waals surface area (Å²) >= 11 is 0. The maximum absolute atomic E-state index is 3.35. The van der Waals surface area contributed by atoms with Crippen molar-refractivity contribution in [3.63, 3.8) is 0 Å². The van der Waals surface area contributed by atoms with Crippen LogP contribution in [0.25, 0.3) is 0 Å². The zero-order valence-corrected chi connectivity index (χ0v) is 14.0. The molecule has 0 radical (unpaired) electrons. The van der Waals surface area contributed by atoms with Crippen molar-refractivity contribution in [3.8, 4) is 0 Å². The van der Waals surface area contributed by atoms with Crippen molar-refractivity contribution >= 4 is 17.1 Å². The van der Waals surface area contributed by atoms with Crippen LogP contribution in [0, 0.1) is 5.92 Å². The van der Waals surface area contributed by atoms with Gasteiger partial charge < -0.3 is 10.2 Å². The smallest absolute Gasteiger partial charge is 0.0412 e. The lowest BCUT2D eigenvalue weighted by Crippen LogP contribution is -2.18. The van der Waals surface area contributed by atoms with Gasteiger partial charge in [-0.15, -0.1) is 0 Å². The Balaban J connectivity index is 2.16. The fourth-order valence-corrected chi connectivity index (χ4v) is 2.64. The number of anilines is 3. The Bertz CT molecular complexity index is 531. The fraction of sp³-hybridized carbons (Fsp3) is 0.400. The summed E-state index contributed by atoms with van der Waals surface area (Å²) in [5.74, 6) is 0.758. The maximum atomic E-state index is 3.35. The van der Waals surface area contributed by atoms with E-state index in [0.29, 0.717) is 0 Å². The minimum atomic E-state index is 0.758. The molecular formula is C20H28N2. The van der Waals surface area contributed by atoms with Gasteiger partial charge >= 0.3 is 0 Å². The molecule has 0 saturated heterocycles. The average Bonchev–Trinajstić information content (AvgIpc) is 2.53. The molecule has 1 N–H and O–H groups in total. The molecule has 2 rings (SSSR count). The van der Waals surface area contributed by atoms with Crippen molar-refractivity contribution < 1.29 is 0 Å². The SMILES string of the molecule is CCNc1ccc(N(CCCC(C)C)c2ccccc2)cc1. The third-order valence-corrected chi connectivity index (χ3v) is 3.79. The zero-order valence-electron chi connectivity index (χ0n) is 14.0. The Labute approximate surface area is 135 Å². The predicted molar refractivity (Wildman–Crippen MR) is 98.1 cm³/mol. The molecule has 0 atom stereocenters. The van der Waals surface area contributed by atoms with Gasteiger partial charge in [-0.25, -0.2) is 0 Å². The number of para-hydroxylation sites is 1. The topological polar surface area (TPSA) is 15.3 Å². The number of benzene rings is 2. The van der Waals surface area contributed by atoms with Gasteiger partial charge in [-0.05, 0) is 62.1 Å². The van der Waals surface area contributed by atoms with E-state index in [1.165, 1.54) is 29.9 Å². The molecule has 2 aromatic rings. The van der Waals surface area contributed by atoms with Gasteiger partial charge in [0.05, 0.1) is 0 Å². The van der Waals surface area contributed by atoms with Gasteiger partial charge in [-0.1, -0.05) is 32.0 Å². The molecule has 0 bridgehead atoms. The van der Waals surface area contributed by atoms with Crippen LogP contribution in [-0.2, 0) is 0 Å². The molecule has 0 aliphatic heterocycles. The Morgan fingerprint density at radius 1 is 0.909 bits per heavy atom. The summed E-state index contributed by atoms with van der Waals surface area (Å²) in [6, 6.07) is 19.4. The summed E-state index contributed by atoms with van der Waals surface area (Å²) in [4.78, 5) is 2.41. The number of nitrogens with one attached hydrogen (secondary N) is 1. The summed E-state index contributed by atoms with van der Waals surface area (Å²) in [7, 11) is 0. The highest BCUT2D eigenvalue weighted by Crippen LogP contribution is 2.27. The van der Waals surface area contributed by atoms with Gasteiger partial charge in [0.15, 0.2) is 0 Å². The molecule has 0 aliphatic carbocycles. The second-order valence-corrected chi connectivity index (χ2v) is 6.10. The summed E-state index contributed by atoms with van der Waals surface area (Å²) in [6.07, 6.45) is 2.47. The lowest BCUT2D eigenvalue weighted by molar-refractivity contribution is 0.559. The second kappa shape index (κ2) is 8.47. The van der Waals surface area contributed by atoms with E-state index in [4.69, 9.17) is 0 Å². The first-order valence-corrected chi connectivity index (χ1v) is 8.37. The van der Waals surface area contributed by atoms with Crippen molar-refractivity contribution in [2.75, 3.05) is 23.3 Å². The van der Waals surface area contributed by atoms with E-state index in [0.717, 1.165) is 19.0 Å². The van der Waals surface area contributed by atoms with Crippen LogP contribution < -0.4 is 10.2 Å². The first-order chi connectivity index (χ1) is 10.7. The standard InChI is InChI=1S/C20H28N2/c1-4-21-18-12-14-20(15-13-18)22(16-8-9-17(2)3)19-10-6-5-7-11-19/h5-7,10-15,17,21H,4,8-9,16H2,1-3H3. The van der Waals surface area contributed by atoms with E-state index in [1.807, 2.05) is 0 Å². The summed E-state index contributed by atoms with van der Waals surface area (Å²) in [6.45, 7) is 8.71. The Morgan fingerprint density at radius 2 is 1.55 bits per heavy atom. The van der Waals surface area contributed by atoms with E-state index in [-0.39, 0.29) is 0 Å². The molecule has 2 nitrogen and oxygen atoms in total. The molecule has 0 unspecified atom stereocenters. The van der Waals surface area contributed by atoms with Crippen LogP contribution >= 0.6 is 0 Å². The monoisotopic (exact) mass is 296 g/mol. The molecule has 0 heterocycles. The zero-order chi connectivity index (χ0) is 15.8. The van der Waals surface area contributed by atoms with Gasteiger partial charge in [-0.3, -0.25) is 0 Å². The molecule has 0 fully saturated rings. The molecule has 0 amide bonds. The van der Waals surface area contributed by atoms with Gasteiger partial charge in [-0.2, -0.15) is 0 Å². The highest BCUT2D eigenvalue weighted by Gasteiger charge is 2.09. The Hall–Kier alpha value is -1.96. The van der Waals surface area contributed by atoms with Crippen LogP contribution in [0.3, 0.4) is 0 Å². The first kappa shape index (κ1) is 16.4. The van der Waals surface area contributed by atoms with Crippen molar-refractivity contribution in [3.05, 3.63) is 54.6 Å². The molecule has 2 aromatic carbocycles. The summed E-state index contributed by atoms with van der Waals surface area (Å²) in [5.41, 5.74) is 3.71.